The van der Waals surface area contributed by atoms with Crippen LogP contribution >= 0.6 is 11.3 Å². The molecular weight excluding hydrogens is 917 g/mol. The van der Waals surface area contributed by atoms with Gasteiger partial charge in [-0.05, 0) is 134 Å². The van der Waals surface area contributed by atoms with E-state index in [4.69, 9.17) is 15.0 Å². The minimum Gasteiger partial charge on any atom is -0.309 e. The van der Waals surface area contributed by atoms with Crippen LogP contribution < -0.4 is 0 Å². The van der Waals surface area contributed by atoms with Gasteiger partial charge >= 0.3 is 0 Å². The van der Waals surface area contributed by atoms with Crippen molar-refractivity contribution in [2.75, 3.05) is 0 Å². The second-order valence-electron chi connectivity index (χ2n) is 18.8. The van der Waals surface area contributed by atoms with E-state index in [1.165, 1.54) is 70.1 Å². The average molecular weight is 961 g/mol. The van der Waals surface area contributed by atoms with Crippen molar-refractivity contribution in [3.05, 3.63) is 267 Å². The van der Waals surface area contributed by atoms with Gasteiger partial charge in [0, 0.05) is 53.3 Å². The number of rotatable bonds is 9. The minimum absolute atomic E-state index is 0.650. The van der Waals surface area contributed by atoms with E-state index in [9.17, 15) is 0 Å². The van der Waals surface area contributed by atoms with Gasteiger partial charge in [0.2, 0.25) is 0 Å². The van der Waals surface area contributed by atoms with Crippen LogP contribution in [0.4, 0.5) is 0 Å². The maximum absolute atomic E-state index is 5.17. The molecule has 14 aromatic rings. The Kier molecular flexibility index (Phi) is 10.7. The van der Waals surface area contributed by atoms with Crippen molar-refractivity contribution < 1.29 is 0 Å². The minimum atomic E-state index is 0.650. The summed E-state index contributed by atoms with van der Waals surface area (Å²) < 4.78 is 4.81. The molecule has 5 heteroatoms. The van der Waals surface area contributed by atoms with Crippen molar-refractivity contribution in [2.45, 2.75) is 0 Å². The highest BCUT2D eigenvalue weighted by atomic mass is 32.1. The number of nitrogens with zero attached hydrogens (tertiary/aromatic N) is 4. The molecule has 0 N–H and O–H groups in total. The molecule has 0 aliphatic heterocycles. The molecule has 14 rings (SSSR count). The highest BCUT2D eigenvalue weighted by Gasteiger charge is 2.20. The van der Waals surface area contributed by atoms with Gasteiger partial charge in [0.05, 0.1) is 11.0 Å². The smallest absolute Gasteiger partial charge is 0.164 e. The van der Waals surface area contributed by atoms with E-state index >= 15 is 0 Å². The Hall–Kier alpha value is -9.55. The van der Waals surface area contributed by atoms with Crippen molar-refractivity contribution >= 4 is 53.3 Å². The molecule has 0 radical (unpaired) electrons. The van der Waals surface area contributed by atoms with E-state index in [2.05, 4.69) is 235 Å². The summed E-state index contributed by atoms with van der Waals surface area (Å²) in [6.07, 6.45) is 0. The molecule has 346 valence electrons. The summed E-state index contributed by atoms with van der Waals surface area (Å²) >= 11 is 1.80. The maximum atomic E-state index is 5.17. The highest BCUT2D eigenvalue weighted by Crippen LogP contribution is 2.43. The number of thiophene rings is 1. The van der Waals surface area contributed by atoms with Crippen molar-refractivity contribution in [1.29, 1.82) is 0 Å². The molecule has 3 heterocycles. The largest absolute Gasteiger partial charge is 0.309 e. The molecule has 4 nitrogen and oxygen atoms in total. The monoisotopic (exact) mass is 960 g/mol. The van der Waals surface area contributed by atoms with Crippen LogP contribution in [0, 0.1) is 0 Å². The van der Waals surface area contributed by atoms with E-state index in [1.54, 1.807) is 11.3 Å². The van der Waals surface area contributed by atoms with Crippen LogP contribution in [0.1, 0.15) is 0 Å². The first-order chi connectivity index (χ1) is 36.6. The fourth-order valence-corrected chi connectivity index (χ4v) is 11.7. The lowest BCUT2D eigenvalue weighted by Gasteiger charge is -2.13. The van der Waals surface area contributed by atoms with E-state index in [1.807, 2.05) is 36.4 Å². The molecule has 0 amide bonds. The van der Waals surface area contributed by atoms with Crippen LogP contribution in [0.25, 0.3) is 137 Å². The average Bonchev–Trinajstić information content (AvgIpc) is 4.04. The Labute approximate surface area is 432 Å². The Morgan fingerprint density at radius 2 is 0.649 bits per heavy atom. The van der Waals surface area contributed by atoms with Crippen LogP contribution in [0.2, 0.25) is 0 Å². The summed E-state index contributed by atoms with van der Waals surface area (Å²) in [6.45, 7) is 0. The molecule has 3 aromatic heterocycles. The number of para-hydroxylation sites is 1. The molecule has 0 aliphatic carbocycles. The summed E-state index contributed by atoms with van der Waals surface area (Å²) in [5.74, 6) is 1.95. The number of benzene rings is 11. The Morgan fingerprint density at radius 1 is 0.257 bits per heavy atom. The standard InChI is InChI=1S/C69H44N4S/c1-6-18-45(19-7-1)54-39-55(46-20-8-2-9-21-46)41-56(40-54)50-27-16-26-49(38-50)51-32-35-62-59(42-51)60-43-52(33-36-63(60)73(62)57-28-14-5-15-29-57)53-34-37-64-61(44-53)66-58(30-17-31-65(66)74-64)69-71-67(47-22-10-3-11-23-47)70-68(72-69)48-24-12-4-13-25-48/h1-44H. The van der Waals surface area contributed by atoms with Gasteiger partial charge in [0.15, 0.2) is 17.5 Å². The summed E-state index contributed by atoms with van der Waals surface area (Å²) in [4.78, 5) is 15.3. The third-order valence-electron chi connectivity index (χ3n) is 14.2. The molecule has 0 fully saturated rings. The molecule has 0 bridgehead atoms. The second-order valence-corrected chi connectivity index (χ2v) is 19.9. The van der Waals surface area contributed by atoms with Gasteiger partial charge < -0.3 is 4.57 Å². The summed E-state index contributed by atoms with van der Waals surface area (Å²) in [5, 5.41) is 4.73. The predicted molar refractivity (Wildman–Crippen MR) is 311 cm³/mol. The third-order valence-corrected chi connectivity index (χ3v) is 15.4. The molecular formula is C69H44N4S. The lowest BCUT2D eigenvalue weighted by molar-refractivity contribution is 1.08. The van der Waals surface area contributed by atoms with Crippen molar-refractivity contribution in [3.8, 4) is 95.5 Å². The van der Waals surface area contributed by atoms with Gasteiger partial charge in [-0.2, -0.15) is 0 Å². The maximum Gasteiger partial charge on any atom is 0.164 e. The molecule has 74 heavy (non-hydrogen) atoms. The highest BCUT2D eigenvalue weighted by molar-refractivity contribution is 7.26. The van der Waals surface area contributed by atoms with Crippen LogP contribution in [0.5, 0.6) is 0 Å². The third kappa shape index (κ3) is 7.84. The number of hydrogen-bond acceptors (Lipinski definition) is 4. The van der Waals surface area contributed by atoms with Crippen LogP contribution in [0.3, 0.4) is 0 Å². The van der Waals surface area contributed by atoms with E-state index in [0.717, 1.165) is 49.9 Å². The zero-order valence-electron chi connectivity index (χ0n) is 40.1. The van der Waals surface area contributed by atoms with Gasteiger partial charge in [0.1, 0.15) is 0 Å². The lowest BCUT2D eigenvalue weighted by Crippen LogP contribution is -2.00. The number of hydrogen-bond donors (Lipinski definition) is 0. The number of aromatic nitrogens is 4. The van der Waals surface area contributed by atoms with E-state index < -0.39 is 0 Å². The molecule has 0 unspecified atom stereocenters. The quantitative estimate of drug-likeness (QED) is 0.145. The molecule has 11 aromatic carbocycles. The van der Waals surface area contributed by atoms with Gasteiger partial charge in [-0.3, -0.25) is 0 Å². The van der Waals surface area contributed by atoms with Crippen molar-refractivity contribution in [3.63, 3.8) is 0 Å². The first-order valence-corrected chi connectivity index (χ1v) is 25.8. The lowest BCUT2D eigenvalue weighted by atomic mass is 9.92. The Morgan fingerprint density at radius 3 is 1.19 bits per heavy atom. The Bertz CT molecular complexity index is 4280. The zero-order valence-corrected chi connectivity index (χ0v) is 40.9. The topological polar surface area (TPSA) is 43.6 Å². The van der Waals surface area contributed by atoms with Gasteiger partial charge in [0.25, 0.3) is 0 Å². The van der Waals surface area contributed by atoms with Crippen LogP contribution in [-0.4, -0.2) is 19.5 Å². The fourth-order valence-electron chi connectivity index (χ4n) is 10.6. The van der Waals surface area contributed by atoms with E-state index in [-0.39, 0.29) is 0 Å². The molecule has 0 aliphatic rings. The predicted octanol–water partition coefficient (Wildman–Crippen LogP) is 18.7. The van der Waals surface area contributed by atoms with Crippen molar-refractivity contribution in [1.82, 2.24) is 19.5 Å². The van der Waals surface area contributed by atoms with Crippen LogP contribution in [0.15, 0.2) is 267 Å². The van der Waals surface area contributed by atoms with Crippen LogP contribution in [-0.2, 0) is 0 Å². The van der Waals surface area contributed by atoms with Crippen molar-refractivity contribution in [2.24, 2.45) is 0 Å². The summed E-state index contributed by atoms with van der Waals surface area (Å²) in [6, 6.07) is 95.7. The fraction of sp³-hybridized carbons (Fsp3) is 0. The van der Waals surface area contributed by atoms with Gasteiger partial charge in [-0.1, -0.05) is 188 Å². The molecule has 0 spiro atoms. The molecule has 0 saturated carbocycles. The van der Waals surface area contributed by atoms with Gasteiger partial charge in [-0.15, -0.1) is 11.3 Å². The summed E-state index contributed by atoms with van der Waals surface area (Å²) in [5.41, 5.74) is 18.1. The Balaban J connectivity index is 0.901. The zero-order chi connectivity index (χ0) is 49.0. The second kappa shape index (κ2) is 18.2. The van der Waals surface area contributed by atoms with Gasteiger partial charge in [-0.25, -0.2) is 15.0 Å². The molecule has 0 atom stereocenters. The SMILES string of the molecule is c1ccc(-c2cc(-c3ccccc3)cc(-c3cccc(-c4ccc5c(c4)c4cc(-c6ccc7sc8cccc(-c9nc(-c%10ccccc%10)nc(-c%10ccccc%10)n9)c8c7c6)ccc4n5-c4ccccc4)c3)c2)cc1. The summed E-state index contributed by atoms with van der Waals surface area (Å²) in [7, 11) is 0. The number of fused-ring (bicyclic) bond motifs is 6. The normalized spacial score (nSPS) is 11.5. The molecule has 0 saturated heterocycles. The first kappa shape index (κ1) is 43.3. The van der Waals surface area contributed by atoms with E-state index in [0.29, 0.717) is 17.5 Å². The first-order valence-electron chi connectivity index (χ1n) is 25.0.